The van der Waals surface area contributed by atoms with Gasteiger partial charge in [-0.3, -0.25) is 9.79 Å². The first-order chi connectivity index (χ1) is 10.1. The molecule has 4 nitrogen and oxygen atoms in total. The van der Waals surface area contributed by atoms with E-state index in [4.69, 9.17) is 0 Å². The first-order valence-electron chi connectivity index (χ1n) is 7.38. The van der Waals surface area contributed by atoms with Gasteiger partial charge in [0.1, 0.15) is 6.04 Å². The van der Waals surface area contributed by atoms with Gasteiger partial charge in [-0.25, -0.2) is 0 Å². The molecule has 5 heteroatoms. The second-order valence-electron chi connectivity index (χ2n) is 5.74. The van der Waals surface area contributed by atoms with Gasteiger partial charge in [-0.1, -0.05) is 37.3 Å². The van der Waals surface area contributed by atoms with E-state index < -0.39 is 0 Å². The van der Waals surface area contributed by atoms with Crippen LogP contribution < -0.4 is 0 Å². The van der Waals surface area contributed by atoms with E-state index >= 15 is 0 Å². The Morgan fingerprint density at radius 2 is 2.14 bits per heavy atom. The molecule has 2 aliphatic heterocycles. The predicted molar refractivity (Wildman–Crippen MR) is 85.6 cm³/mol. The number of aliphatic hydroxyl groups is 1. The summed E-state index contributed by atoms with van der Waals surface area (Å²) in [5, 5.41) is 10.7. The van der Waals surface area contributed by atoms with Gasteiger partial charge in [0, 0.05) is 24.4 Å². The molecule has 1 N–H and O–H groups in total. The lowest BCUT2D eigenvalue weighted by Gasteiger charge is -2.35. The summed E-state index contributed by atoms with van der Waals surface area (Å²) in [5.41, 5.74) is 1.08. The summed E-state index contributed by atoms with van der Waals surface area (Å²) in [6.07, 6.45) is 0.387. The quantitative estimate of drug-likeness (QED) is 0.906. The Balaban J connectivity index is 1.68. The Morgan fingerprint density at radius 1 is 1.38 bits per heavy atom. The Hall–Kier alpha value is -1.33. The van der Waals surface area contributed by atoms with E-state index in [0.29, 0.717) is 19.5 Å². The number of hydrogen-bond donors (Lipinski definition) is 1. The molecular formula is C16H20N2O2S. The van der Waals surface area contributed by atoms with Crippen molar-refractivity contribution in [3.63, 3.8) is 0 Å². The summed E-state index contributed by atoms with van der Waals surface area (Å²) in [6.45, 7) is 3.27. The van der Waals surface area contributed by atoms with Crippen LogP contribution in [0.2, 0.25) is 0 Å². The molecule has 1 aromatic rings. The molecule has 3 rings (SSSR count). The number of amides is 1. The highest BCUT2D eigenvalue weighted by molar-refractivity contribution is 8.14. The number of aliphatic hydroxyl groups excluding tert-OH is 1. The molecule has 2 heterocycles. The lowest BCUT2D eigenvalue weighted by atomic mass is 9.96. The van der Waals surface area contributed by atoms with Crippen molar-refractivity contribution in [2.75, 3.05) is 18.8 Å². The fourth-order valence-corrected chi connectivity index (χ4v) is 3.82. The van der Waals surface area contributed by atoms with E-state index in [-0.39, 0.29) is 24.0 Å². The van der Waals surface area contributed by atoms with Crippen LogP contribution in [0.15, 0.2) is 35.3 Å². The molecule has 3 unspecified atom stereocenters. The molecule has 112 valence electrons. The highest BCUT2D eigenvalue weighted by Crippen LogP contribution is 2.26. The molecule has 3 atom stereocenters. The summed E-state index contributed by atoms with van der Waals surface area (Å²) in [7, 11) is 0. The zero-order valence-corrected chi connectivity index (χ0v) is 12.9. The van der Waals surface area contributed by atoms with Crippen LogP contribution in [0.1, 0.15) is 18.9 Å². The van der Waals surface area contributed by atoms with Gasteiger partial charge in [-0.05, 0) is 12.3 Å². The van der Waals surface area contributed by atoms with Crippen molar-refractivity contribution >= 4 is 22.7 Å². The zero-order valence-electron chi connectivity index (χ0n) is 12.1. The lowest BCUT2D eigenvalue weighted by Crippen LogP contribution is -2.48. The lowest BCUT2D eigenvalue weighted by molar-refractivity contribution is -0.135. The molecule has 0 radical (unpaired) electrons. The molecule has 0 saturated carbocycles. The fourth-order valence-electron chi connectivity index (χ4n) is 2.78. The van der Waals surface area contributed by atoms with Crippen molar-refractivity contribution in [1.29, 1.82) is 0 Å². The Labute approximate surface area is 129 Å². The van der Waals surface area contributed by atoms with E-state index in [1.54, 1.807) is 11.8 Å². The molecular weight excluding hydrogens is 284 g/mol. The number of nitrogens with zero attached hydrogens (tertiary/aromatic N) is 2. The summed E-state index contributed by atoms with van der Waals surface area (Å²) in [6, 6.07) is 9.73. The van der Waals surface area contributed by atoms with E-state index in [9.17, 15) is 9.90 Å². The molecule has 0 bridgehead atoms. The molecule has 1 saturated heterocycles. The van der Waals surface area contributed by atoms with Crippen molar-refractivity contribution < 1.29 is 9.90 Å². The number of aliphatic imine (C=N–C) groups is 1. The number of piperidine rings is 1. The van der Waals surface area contributed by atoms with Crippen molar-refractivity contribution in [2.24, 2.45) is 10.9 Å². The van der Waals surface area contributed by atoms with Gasteiger partial charge in [0.05, 0.1) is 11.1 Å². The van der Waals surface area contributed by atoms with Crippen molar-refractivity contribution in [3.05, 3.63) is 35.9 Å². The summed E-state index contributed by atoms with van der Waals surface area (Å²) in [4.78, 5) is 19.0. The van der Waals surface area contributed by atoms with Gasteiger partial charge in [0.15, 0.2) is 0 Å². The molecule has 1 fully saturated rings. The van der Waals surface area contributed by atoms with E-state index in [0.717, 1.165) is 16.4 Å². The van der Waals surface area contributed by atoms with Crippen molar-refractivity contribution in [1.82, 2.24) is 4.90 Å². The van der Waals surface area contributed by atoms with E-state index in [1.807, 2.05) is 42.2 Å². The standard InChI is InChI=1S/C16H20N2O2S/c1-11-9-18(8-7-14(11)19)16(20)13-10-21-15(17-13)12-5-3-2-4-6-12/h2-6,11,13-14,19H,7-10H2,1H3. The van der Waals surface area contributed by atoms with Gasteiger partial charge in [-0.15, -0.1) is 11.8 Å². The fraction of sp³-hybridized carbons (Fsp3) is 0.500. The molecule has 21 heavy (non-hydrogen) atoms. The van der Waals surface area contributed by atoms with Crippen LogP contribution in [0.3, 0.4) is 0 Å². The Morgan fingerprint density at radius 3 is 2.86 bits per heavy atom. The van der Waals surface area contributed by atoms with Crippen molar-refractivity contribution in [3.8, 4) is 0 Å². The van der Waals surface area contributed by atoms with Gasteiger partial charge in [0.25, 0.3) is 0 Å². The monoisotopic (exact) mass is 304 g/mol. The maximum Gasteiger partial charge on any atom is 0.248 e. The number of carbonyl (C=O) groups is 1. The zero-order chi connectivity index (χ0) is 14.8. The highest BCUT2D eigenvalue weighted by atomic mass is 32.2. The second-order valence-corrected chi connectivity index (χ2v) is 6.75. The average molecular weight is 304 g/mol. The van der Waals surface area contributed by atoms with E-state index in [2.05, 4.69) is 4.99 Å². The summed E-state index contributed by atoms with van der Waals surface area (Å²) >= 11 is 1.65. The number of rotatable bonds is 2. The third kappa shape index (κ3) is 3.14. The Bertz CT molecular complexity index is 546. The van der Waals surface area contributed by atoms with Crippen LogP contribution in [0.5, 0.6) is 0 Å². The van der Waals surface area contributed by atoms with Crippen LogP contribution in [-0.4, -0.2) is 51.9 Å². The van der Waals surface area contributed by atoms with Gasteiger partial charge < -0.3 is 10.0 Å². The maximum atomic E-state index is 12.6. The SMILES string of the molecule is CC1CN(C(=O)C2CSC(c3ccccc3)=N2)CCC1O. The van der Waals surface area contributed by atoms with Crippen LogP contribution >= 0.6 is 11.8 Å². The molecule has 1 amide bonds. The number of likely N-dealkylation sites (tertiary alicyclic amines) is 1. The van der Waals surface area contributed by atoms with Gasteiger partial charge >= 0.3 is 0 Å². The minimum absolute atomic E-state index is 0.104. The first kappa shape index (κ1) is 14.6. The Kier molecular flexibility index (Phi) is 4.31. The van der Waals surface area contributed by atoms with Crippen LogP contribution in [0.4, 0.5) is 0 Å². The first-order valence-corrected chi connectivity index (χ1v) is 8.36. The topological polar surface area (TPSA) is 52.9 Å². The maximum absolute atomic E-state index is 12.6. The summed E-state index contributed by atoms with van der Waals surface area (Å²) in [5.74, 6) is 0.970. The van der Waals surface area contributed by atoms with Crippen molar-refractivity contribution in [2.45, 2.75) is 25.5 Å². The smallest absolute Gasteiger partial charge is 0.248 e. The largest absolute Gasteiger partial charge is 0.393 e. The van der Waals surface area contributed by atoms with E-state index in [1.165, 1.54) is 0 Å². The predicted octanol–water partition coefficient (Wildman–Crippen LogP) is 1.78. The average Bonchev–Trinajstić information content (AvgIpc) is 3.00. The van der Waals surface area contributed by atoms with Crippen LogP contribution in [0, 0.1) is 5.92 Å². The van der Waals surface area contributed by atoms with Crippen LogP contribution in [-0.2, 0) is 4.79 Å². The van der Waals surface area contributed by atoms with Gasteiger partial charge in [0.2, 0.25) is 5.91 Å². The number of hydrogen-bond acceptors (Lipinski definition) is 4. The van der Waals surface area contributed by atoms with Gasteiger partial charge in [-0.2, -0.15) is 0 Å². The second kappa shape index (κ2) is 6.20. The highest BCUT2D eigenvalue weighted by Gasteiger charge is 2.33. The summed E-state index contributed by atoms with van der Waals surface area (Å²) < 4.78 is 0. The number of carbonyl (C=O) groups excluding carboxylic acids is 1. The normalized spacial score (nSPS) is 29.3. The number of thioether (sulfide) groups is 1. The molecule has 1 aromatic carbocycles. The molecule has 0 spiro atoms. The van der Waals surface area contributed by atoms with Crippen LogP contribution in [0.25, 0.3) is 0 Å². The minimum atomic E-state index is -0.282. The number of benzene rings is 1. The molecule has 2 aliphatic rings. The third-order valence-corrected chi connectivity index (χ3v) is 5.23. The third-order valence-electron chi connectivity index (χ3n) is 4.13. The minimum Gasteiger partial charge on any atom is -0.393 e. The molecule has 0 aromatic heterocycles. The molecule has 0 aliphatic carbocycles.